The van der Waals surface area contributed by atoms with Crippen LogP contribution in [-0.2, 0) is 35.5 Å². The molecule has 4 rings (SSSR count). The molecular formula is C51H84O2. The van der Waals surface area contributed by atoms with E-state index in [0.29, 0.717) is 19.8 Å². The first kappa shape index (κ1) is 44.1. The van der Waals surface area contributed by atoms with E-state index in [9.17, 15) is 0 Å². The second-order valence-electron chi connectivity index (χ2n) is 17.9. The molecule has 2 saturated carbocycles. The normalized spacial score (nSPS) is 21.2. The van der Waals surface area contributed by atoms with Crippen molar-refractivity contribution in [3.05, 3.63) is 70.8 Å². The van der Waals surface area contributed by atoms with Crippen LogP contribution in [0, 0.1) is 23.7 Å². The average molecular weight is 729 g/mol. The number of unbranched alkanes of at least 4 members (excludes halogenated alkanes) is 10. The van der Waals surface area contributed by atoms with Crippen molar-refractivity contribution >= 4 is 0 Å². The second kappa shape index (κ2) is 27.9. The molecule has 0 radical (unpaired) electrons. The first-order valence-corrected chi connectivity index (χ1v) is 23.5. The summed E-state index contributed by atoms with van der Waals surface area (Å²) >= 11 is 0. The van der Waals surface area contributed by atoms with E-state index in [2.05, 4.69) is 69.3 Å². The highest BCUT2D eigenvalue weighted by Gasteiger charge is 2.21. The summed E-state index contributed by atoms with van der Waals surface area (Å²) in [6.07, 6.45) is 40.1. The molecule has 0 aromatic heterocycles. The molecule has 0 amide bonds. The molecule has 0 aliphatic heterocycles. The molecule has 0 bridgehead atoms. The molecule has 2 aliphatic rings. The lowest BCUT2D eigenvalue weighted by atomic mass is 9.78. The van der Waals surface area contributed by atoms with Crippen LogP contribution < -0.4 is 0 Å². The molecule has 2 aromatic carbocycles. The van der Waals surface area contributed by atoms with Gasteiger partial charge in [0, 0.05) is 0 Å². The third-order valence-corrected chi connectivity index (χ3v) is 13.2. The van der Waals surface area contributed by atoms with Crippen molar-refractivity contribution < 1.29 is 9.47 Å². The van der Waals surface area contributed by atoms with Crippen LogP contribution in [0.3, 0.4) is 0 Å². The van der Waals surface area contributed by atoms with Gasteiger partial charge in [0.2, 0.25) is 0 Å². The Morgan fingerprint density at radius 1 is 0.434 bits per heavy atom. The monoisotopic (exact) mass is 729 g/mol. The van der Waals surface area contributed by atoms with E-state index in [0.717, 1.165) is 23.7 Å². The summed E-state index contributed by atoms with van der Waals surface area (Å²) in [5.74, 6) is 4.06. The molecule has 2 heteroatoms. The first-order chi connectivity index (χ1) is 26.1. The Labute approximate surface area is 329 Å². The Hall–Kier alpha value is -1.64. The van der Waals surface area contributed by atoms with Gasteiger partial charge < -0.3 is 9.47 Å². The number of rotatable bonds is 29. The maximum atomic E-state index is 6.14. The number of aryl methyl sites for hydroxylation is 2. The minimum Gasteiger partial charge on any atom is -0.374 e. The lowest BCUT2D eigenvalue weighted by molar-refractivity contribution is -0.0198. The smallest absolute Gasteiger partial charge is 0.0785 e. The fourth-order valence-electron chi connectivity index (χ4n) is 9.45. The lowest BCUT2D eigenvalue weighted by Crippen LogP contribution is -2.15. The topological polar surface area (TPSA) is 18.5 Å². The van der Waals surface area contributed by atoms with Gasteiger partial charge in [-0.25, -0.2) is 0 Å². The highest BCUT2D eigenvalue weighted by atomic mass is 16.5. The first-order valence-electron chi connectivity index (χ1n) is 23.5. The SMILES string of the molecule is CCCCCCC[C@H]1CC[C@H](CCCCc2ccc(COC[C@@H](C)OCc3ccc(CCCC[C@H]4CC[C@H](CCCCCCC)CC4)cc3)cc2)CC1. The molecule has 0 spiro atoms. The molecule has 2 fully saturated rings. The Morgan fingerprint density at radius 2 is 0.774 bits per heavy atom. The molecule has 0 heterocycles. The Morgan fingerprint density at radius 3 is 1.17 bits per heavy atom. The zero-order valence-corrected chi connectivity index (χ0v) is 35.2. The molecule has 2 aliphatic carbocycles. The highest BCUT2D eigenvalue weighted by Crippen LogP contribution is 2.36. The van der Waals surface area contributed by atoms with Crippen molar-refractivity contribution in [3.8, 4) is 0 Å². The molecule has 53 heavy (non-hydrogen) atoms. The number of hydrogen-bond donors (Lipinski definition) is 0. The van der Waals surface area contributed by atoms with Gasteiger partial charge in [-0.1, -0.05) is 216 Å². The van der Waals surface area contributed by atoms with Crippen LogP contribution in [0.15, 0.2) is 48.5 Å². The van der Waals surface area contributed by atoms with Gasteiger partial charge in [-0.3, -0.25) is 0 Å². The predicted octanol–water partition coefficient (Wildman–Crippen LogP) is 15.6. The summed E-state index contributed by atoms with van der Waals surface area (Å²) in [5, 5.41) is 0. The van der Waals surface area contributed by atoms with Crippen LogP contribution in [0.25, 0.3) is 0 Å². The zero-order valence-electron chi connectivity index (χ0n) is 35.2. The van der Waals surface area contributed by atoms with E-state index in [1.807, 2.05) is 0 Å². The van der Waals surface area contributed by atoms with Crippen LogP contribution in [0.4, 0.5) is 0 Å². The molecule has 2 nitrogen and oxygen atoms in total. The van der Waals surface area contributed by atoms with E-state index >= 15 is 0 Å². The van der Waals surface area contributed by atoms with Gasteiger partial charge in [0.05, 0.1) is 25.9 Å². The Balaban J connectivity index is 0.959. The average Bonchev–Trinajstić information content (AvgIpc) is 3.19. The summed E-state index contributed by atoms with van der Waals surface area (Å²) in [7, 11) is 0. The molecule has 2 aromatic rings. The van der Waals surface area contributed by atoms with E-state index in [4.69, 9.17) is 9.47 Å². The maximum absolute atomic E-state index is 6.14. The van der Waals surface area contributed by atoms with Gasteiger partial charge in [0.15, 0.2) is 0 Å². The number of benzene rings is 2. The Kier molecular flexibility index (Phi) is 23.2. The molecule has 0 N–H and O–H groups in total. The quantitative estimate of drug-likeness (QED) is 0.0777. The largest absolute Gasteiger partial charge is 0.374 e. The van der Waals surface area contributed by atoms with E-state index in [-0.39, 0.29) is 6.10 Å². The second-order valence-corrected chi connectivity index (χ2v) is 17.9. The molecule has 300 valence electrons. The van der Waals surface area contributed by atoms with E-state index in [1.165, 1.54) is 202 Å². The number of ether oxygens (including phenoxy) is 2. The zero-order chi connectivity index (χ0) is 37.2. The van der Waals surface area contributed by atoms with Crippen LogP contribution >= 0.6 is 0 Å². The third-order valence-electron chi connectivity index (χ3n) is 13.2. The summed E-state index contributed by atoms with van der Waals surface area (Å²) in [6.45, 7) is 8.69. The maximum Gasteiger partial charge on any atom is 0.0785 e. The van der Waals surface area contributed by atoms with E-state index < -0.39 is 0 Å². The molecule has 0 unspecified atom stereocenters. The standard InChI is InChI=1S/C51H84O2/c1-4-6-8-10-12-18-44-24-28-46(29-25-44)20-14-16-22-48-32-36-50(37-33-48)41-52-40-43(3)53-42-51-38-34-49(35-39-51)23-17-15-21-47-30-26-45(27-31-47)19-13-11-9-7-5-2/h32-39,43-47H,4-31,40-42H2,1-3H3/t43-,44-,45-,46-,47-/m1/s1. The van der Waals surface area contributed by atoms with Crippen molar-refractivity contribution in [2.45, 2.75) is 220 Å². The van der Waals surface area contributed by atoms with Crippen molar-refractivity contribution in [3.63, 3.8) is 0 Å². The summed E-state index contributed by atoms with van der Waals surface area (Å²) in [6, 6.07) is 18.3. The predicted molar refractivity (Wildman–Crippen MR) is 230 cm³/mol. The summed E-state index contributed by atoms with van der Waals surface area (Å²) in [5.41, 5.74) is 5.46. The van der Waals surface area contributed by atoms with Gasteiger partial charge in [0.1, 0.15) is 0 Å². The fourth-order valence-corrected chi connectivity index (χ4v) is 9.45. The van der Waals surface area contributed by atoms with Crippen molar-refractivity contribution in [1.29, 1.82) is 0 Å². The van der Waals surface area contributed by atoms with Crippen molar-refractivity contribution in [2.24, 2.45) is 23.7 Å². The minimum absolute atomic E-state index is 0.0837. The summed E-state index contributed by atoms with van der Waals surface area (Å²) < 4.78 is 12.2. The minimum atomic E-state index is 0.0837. The lowest BCUT2D eigenvalue weighted by Gasteiger charge is -2.28. The van der Waals surface area contributed by atoms with Gasteiger partial charge in [0.25, 0.3) is 0 Å². The molecule has 1 atom stereocenters. The van der Waals surface area contributed by atoms with Crippen molar-refractivity contribution in [2.75, 3.05) is 6.61 Å². The van der Waals surface area contributed by atoms with Crippen LogP contribution in [0.2, 0.25) is 0 Å². The third kappa shape index (κ3) is 19.7. The van der Waals surface area contributed by atoms with Gasteiger partial charge in [-0.2, -0.15) is 0 Å². The molecular weight excluding hydrogens is 645 g/mol. The van der Waals surface area contributed by atoms with Crippen LogP contribution in [0.5, 0.6) is 0 Å². The van der Waals surface area contributed by atoms with Crippen LogP contribution in [-0.4, -0.2) is 12.7 Å². The number of hydrogen-bond acceptors (Lipinski definition) is 2. The highest BCUT2D eigenvalue weighted by molar-refractivity contribution is 5.23. The van der Waals surface area contributed by atoms with Crippen molar-refractivity contribution in [1.82, 2.24) is 0 Å². The Bertz CT molecular complexity index is 1120. The van der Waals surface area contributed by atoms with Gasteiger partial charge in [-0.15, -0.1) is 0 Å². The van der Waals surface area contributed by atoms with E-state index in [1.54, 1.807) is 0 Å². The van der Waals surface area contributed by atoms with Gasteiger partial charge in [-0.05, 0) is 78.5 Å². The van der Waals surface area contributed by atoms with Gasteiger partial charge >= 0.3 is 0 Å². The molecule has 0 saturated heterocycles. The van der Waals surface area contributed by atoms with Crippen LogP contribution in [0.1, 0.15) is 210 Å². The summed E-state index contributed by atoms with van der Waals surface area (Å²) in [4.78, 5) is 0. The fraction of sp³-hybridized carbons (Fsp3) is 0.765.